The number of nitrogens with two attached hydrogens (primary N) is 1. The van der Waals surface area contributed by atoms with Gasteiger partial charge in [0.2, 0.25) is 10.0 Å². The average molecular weight is 281 g/mol. The second kappa shape index (κ2) is 5.27. The number of benzene rings is 1. The number of hydrogen-bond donors (Lipinski definition) is 2. The third-order valence-electron chi connectivity index (χ3n) is 1.86. The molecule has 0 fully saturated rings. The van der Waals surface area contributed by atoms with Crippen molar-refractivity contribution < 1.29 is 31.8 Å². The number of sulfonamides is 1. The summed E-state index contributed by atoms with van der Waals surface area (Å²) in [6.07, 6.45) is -2.79. The Bertz CT molecular complexity index is 558. The number of rotatable bonds is 5. The molecule has 6 nitrogen and oxygen atoms in total. The third-order valence-corrected chi connectivity index (χ3v) is 2.79. The van der Waals surface area contributed by atoms with Crippen LogP contribution in [-0.2, 0) is 10.0 Å². The van der Waals surface area contributed by atoms with Gasteiger partial charge in [-0.05, 0) is 18.2 Å². The average Bonchev–Trinajstić information content (AvgIpc) is 2.24. The molecular weight excluding hydrogens is 272 g/mol. The molecule has 0 aromatic heterocycles. The van der Waals surface area contributed by atoms with Crippen LogP contribution in [-0.4, -0.2) is 32.5 Å². The summed E-state index contributed by atoms with van der Waals surface area (Å²) in [5, 5.41) is 13.5. The molecular formula is C9H9F2NO5S. The van der Waals surface area contributed by atoms with Crippen LogP contribution in [0.25, 0.3) is 0 Å². The molecule has 0 spiro atoms. The van der Waals surface area contributed by atoms with Crippen molar-refractivity contribution in [1.29, 1.82) is 0 Å². The normalized spacial score (nSPS) is 11.6. The Morgan fingerprint density at radius 2 is 2.06 bits per heavy atom. The number of ether oxygens (including phenoxy) is 1. The van der Waals surface area contributed by atoms with Crippen LogP contribution in [0.3, 0.4) is 0 Å². The SMILES string of the molecule is NS(=O)(=O)c1cc(C(=O)O)ccc1OCC(F)F. The number of halogens is 2. The number of alkyl halides is 2. The van der Waals surface area contributed by atoms with Crippen LogP contribution in [0, 0.1) is 0 Å². The maximum atomic E-state index is 12.0. The second-order valence-corrected chi connectivity index (χ2v) is 4.74. The zero-order valence-electron chi connectivity index (χ0n) is 8.84. The van der Waals surface area contributed by atoms with Gasteiger partial charge in [-0.1, -0.05) is 0 Å². The van der Waals surface area contributed by atoms with Gasteiger partial charge >= 0.3 is 5.97 Å². The highest BCUT2D eigenvalue weighted by molar-refractivity contribution is 7.89. The first-order valence-electron chi connectivity index (χ1n) is 4.53. The van der Waals surface area contributed by atoms with Gasteiger partial charge in [0.1, 0.15) is 17.3 Å². The largest absolute Gasteiger partial charge is 0.486 e. The predicted octanol–water partition coefficient (Wildman–Crippen LogP) is 0.676. The Morgan fingerprint density at radius 3 is 2.50 bits per heavy atom. The van der Waals surface area contributed by atoms with Crippen LogP contribution in [0.4, 0.5) is 8.78 Å². The van der Waals surface area contributed by atoms with Crippen molar-refractivity contribution >= 4 is 16.0 Å². The van der Waals surface area contributed by atoms with Crippen LogP contribution >= 0.6 is 0 Å². The van der Waals surface area contributed by atoms with Gasteiger partial charge in [-0.2, -0.15) is 0 Å². The van der Waals surface area contributed by atoms with E-state index in [1.165, 1.54) is 0 Å². The van der Waals surface area contributed by atoms with Gasteiger partial charge in [0.25, 0.3) is 6.43 Å². The molecule has 18 heavy (non-hydrogen) atoms. The van der Waals surface area contributed by atoms with Gasteiger partial charge in [-0.15, -0.1) is 0 Å². The first-order chi connectivity index (χ1) is 8.21. The van der Waals surface area contributed by atoms with E-state index in [1.54, 1.807) is 0 Å². The molecule has 0 aliphatic carbocycles. The summed E-state index contributed by atoms with van der Waals surface area (Å²) in [5.74, 6) is -1.79. The lowest BCUT2D eigenvalue weighted by molar-refractivity contribution is 0.0694. The van der Waals surface area contributed by atoms with Gasteiger partial charge in [-0.25, -0.2) is 27.1 Å². The first kappa shape index (κ1) is 14.3. The Kier molecular flexibility index (Phi) is 4.19. The molecule has 0 saturated heterocycles. The summed E-state index contributed by atoms with van der Waals surface area (Å²) in [7, 11) is -4.27. The maximum absolute atomic E-state index is 12.0. The van der Waals surface area contributed by atoms with E-state index < -0.39 is 39.7 Å². The summed E-state index contributed by atoms with van der Waals surface area (Å²) in [5.41, 5.74) is -0.344. The molecule has 1 aromatic rings. The van der Waals surface area contributed by atoms with E-state index in [0.717, 1.165) is 18.2 Å². The zero-order valence-corrected chi connectivity index (χ0v) is 9.65. The van der Waals surface area contributed by atoms with Crippen LogP contribution in [0.15, 0.2) is 23.1 Å². The van der Waals surface area contributed by atoms with Crippen molar-refractivity contribution in [3.63, 3.8) is 0 Å². The van der Waals surface area contributed by atoms with Crippen LogP contribution in [0.5, 0.6) is 5.75 Å². The predicted molar refractivity (Wildman–Crippen MR) is 56.3 cm³/mol. The Labute approximate surface area is 101 Å². The van der Waals surface area contributed by atoms with Crippen LogP contribution in [0.1, 0.15) is 10.4 Å². The fourth-order valence-electron chi connectivity index (χ4n) is 1.14. The van der Waals surface area contributed by atoms with Gasteiger partial charge in [0.05, 0.1) is 5.56 Å². The summed E-state index contributed by atoms with van der Waals surface area (Å²) in [6.45, 7) is -1.02. The Morgan fingerprint density at radius 1 is 1.44 bits per heavy atom. The van der Waals surface area contributed by atoms with Gasteiger partial charge in [0, 0.05) is 0 Å². The molecule has 1 rings (SSSR count). The summed E-state index contributed by atoms with van der Waals surface area (Å²) < 4.78 is 50.9. The topological polar surface area (TPSA) is 107 Å². The van der Waals surface area contributed by atoms with E-state index >= 15 is 0 Å². The Hall–Kier alpha value is -1.74. The van der Waals surface area contributed by atoms with Crippen molar-refractivity contribution in [3.8, 4) is 5.75 Å². The molecule has 0 amide bonds. The minimum absolute atomic E-state index is 0.344. The monoisotopic (exact) mass is 281 g/mol. The molecule has 0 saturated carbocycles. The number of carboxylic acids is 1. The molecule has 0 aliphatic heterocycles. The minimum Gasteiger partial charge on any atom is -0.486 e. The molecule has 0 bridgehead atoms. The van der Waals surface area contributed by atoms with Crippen molar-refractivity contribution in [2.45, 2.75) is 11.3 Å². The van der Waals surface area contributed by atoms with E-state index in [1.807, 2.05) is 0 Å². The number of primary sulfonamides is 1. The first-order valence-corrected chi connectivity index (χ1v) is 6.07. The second-order valence-electron chi connectivity index (χ2n) is 3.21. The number of hydrogen-bond acceptors (Lipinski definition) is 4. The molecule has 0 radical (unpaired) electrons. The third kappa shape index (κ3) is 3.64. The molecule has 0 unspecified atom stereocenters. The highest BCUT2D eigenvalue weighted by Gasteiger charge is 2.19. The maximum Gasteiger partial charge on any atom is 0.335 e. The van der Waals surface area contributed by atoms with E-state index in [2.05, 4.69) is 4.74 Å². The smallest absolute Gasteiger partial charge is 0.335 e. The molecule has 0 aliphatic rings. The minimum atomic E-state index is -4.27. The Balaban J connectivity index is 3.22. The molecule has 3 N–H and O–H groups in total. The van der Waals surface area contributed by atoms with Crippen molar-refractivity contribution in [2.24, 2.45) is 5.14 Å². The molecule has 100 valence electrons. The van der Waals surface area contributed by atoms with Crippen molar-refractivity contribution in [2.75, 3.05) is 6.61 Å². The lowest BCUT2D eigenvalue weighted by Gasteiger charge is -2.10. The highest BCUT2D eigenvalue weighted by atomic mass is 32.2. The lowest BCUT2D eigenvalue weighted by Crippen LogP contribution is -2.16. The fourth-order valence-corrected chi connectivity index (χ4v) is 1.83. The summed E-state index contributed by atoms with van der Waals surface area (Å²) in [6, 6.07) is 2.74. The van der Waals surface area contributed by atoms with Gasteiger partial charge in [0.15, 0.2) is 0 Å². The summed E-state index contributed by atoms with van der Waals surface area (Å²) in [4.78, 5) is 10.0. The highest BCUT2D eigenvalue weighted by Crippen LogP contribution is 2.24. The number of carbonyl (C=O) groups is 1. The van der Waals surface area contributed by atoms with Crippen molar-refractivity contribution in [3.05, 3.63) is 23.8 Å². The van der Waals surface area contributed by atoms with Crippen LogP contribution < -0.4 is 9.88 Å². The zero-order chi connectivity index (χ0) is 13.9. The molecule has 0 heterocycles. The standard InChI is InChI=1S/C9H9F2NO5S/c10-8(11)4-17-6-2-1-5(9(13)14)3-7(6)18(12,15)16/h1-3,8H,4H2,(H,13,14)(H2,12,15,16). The van der Waals surface area contributed by atoms with E-state index in [4.69, 9.17) is 10.2 Å². The van der Waals surface area contributed by atoms with Crippen LogP contribution in [0.2, 0.25) is 0 Å². The van der Waals surface area contributed by atoms with Crippen molar-refractivity contribution in [1.82, 2.24) is 0 Å². The van der Waals surface area contributed by atoms with E-state index in [-0.39, 0.29) is 5.56 Å². The quantitative estimate of drug-likeness (QED) is 0.825. The molecule has 0 atom stereocenters. The number of carboxylic acid groups (broad SMARTS) is 1. The molecule has 9 heteroatoms. The lowest BCUT2D eigenvalue weighted by atomic mass is 10.2. The molecule has 1 aromatic carbocycles. The number of aromatic carboxylic acids is 1. The summed E-state index contributed by atoms with van der Waals surface area (Å²) >= 11 is 0. The van der Waals surface area contributed by atoms with E-state index in [9.17, 15) is 22.0 Å². The van der Waals surface area contributed by atoms with Gasteiger partial charge in [-0.3, -0.25) is 0 Å². The van der Waals surface area contributed by atoms with E-state index in [0.29, 0.717) is 0 Å². The fraction of sp³-hybridized carbons (Fsp3) is 0.222. The van der Waals surface area contributed by atoms with Gasteiger partial charge < -0.3 is 9.84 Å².